The van der Waals surface area contributed by atoms with Gasteiger partial charge in [0, 0.05) is 24.3 Å². The van der Waals surface area contributed by atoms with Gasteiger partial charge in [-0.2, -0.15) is 0 Å². The summed E-state index contributed by atoms with van der Waals surface area (Å²) in [6.07, 6.45) is 10.3. The number of likely N-dealkylation sites (tertiary alicyclic amines) is 2. The van der Waals surface area contributed by atoms with Crippen LogP contribution in [0.4, 0.5) is 9.59 Å². The van der Waals surface area contributed by atoms with Crippen LogP contribution in [0.2, 0.25) is 0 Å². The van der Waals surface area contributed by atoms with Crippen molar-refractivity contribution < 1.29 is 38.1 Å². The number of aromatic amines is 2. The van der Waals surface area contributed by atoms with Gasteiger partial charge >= 0.3 is 12.2 Å². The molecule has 0 spiro atoms. The molecule has 0 bridgehead atoms. The molecule has 16 heteroatoms. The molecule has 6 heterocycles. The highest BCUT2D eigenvalue weighted by Gasteiger charge is 2.46. The van der Waals surface area contributed by atoms with Crippen molar-refractivity contribution in [3.05, 3.63) is 71.6 Å². The van der Waals surface area contributed by atoms with Crippen LogP contribution < -0.4 is 10.6 Å². The number of carbonyl (C=O) groups excluding carboxylic acids is 4. The minimum Gasteiger partial charge on any atom is -0.453 e. The van der Waals surface area contributed by atoms with Crippen LogP contribution in [-0.4, -0.2) is 117 Å². The monoisotopic (exact) mass is 919 g/mol. The van der Waals surface area contributed by atoms with Crippen molar-refractivity contribution in [3.63, 3.8) is 0 Å². The molecule has 2 aromatic carbocycles. The van der Waals surface area contributed by atoms with Crippen LogP contribution in [0.5, 0.6) is 0 Å². The average molecular weight is 919 g/mol. The molecular formula is C51H66N8O8. The maximum Gasteiger partial charge on any atom is 0.407 e. The van der Waals surface area contributed by atoms with Gasteiger partial charge in [-0.1, -0.05) is 36.4 Å². The first-order chi connectivity index (χ1) is 32.3. The molecule has 4 aromatic rings. The normalized spacial score (nSPS) is 28.0. The number of rotatable bonds is 11. The third kappa shape index (κ3) is 9.31. The zero-order chi connectivity index (χ0) is 47.1. The summed E-state index contributed by atoms with van der Waals surface area (Å²) in [5.74, 6) is 1.10. The second-order valence-electron chi connectivity index (χ2n) is 19.6. The highest BCUT2D eigenvalue weighted by atomic mass is 16.5. The number of H-pyrrole nitrogens is 2. The van der Waals surface area contributed by atoms with E-state index in [9.17, 15) is 19.2 Å². The molecule has 4 saturated heterocycles. The van der Waals surface area contributed by atoms with Gasteiger partial charge in [-0.05, 0) is 138 Å². The average Bonchev–Trinajstić information content (AvgIpc) is 4.14. The van der Waals surface area contributed by atoms with Crippen LogP contribution >= 0.6 is 0 Å². The molecule has 358 valence electrons. The van der Waals surface area contributed by atoms with E-state index in [1.165, 1.54) is 30.9 Å². The Morgan fingerprint density at radius 2 is 1.12 bits per heavy atom. The van der Waals surface area contributed by atoms with Crippen LogP contribution in [0.1, 0.15) is 121 Å². The molecule has 2 aromatic heterocycles. The smallest absolute Gasteiger partial charge is 0.407 e. The number of aromatic nitrogens is 4. The Morgan fingerprint density at radius 3 is 1.67 bits per heavy atom. The Labute approximate surface area is 392 Å². The molecule has 67 heavy (non-hydrogen) atoms. The van der Waals surface area contributed by atoms with E-state index in [4.69, 9.17) is 28.9 Å². The fraction of sp³-hybridized carbons (Fsp3) is 0.569. The van der Waals surface area contributed by atoms with Crippen LogP contribution in [0.25, 0.3) is 33.6 Å². The summed E-state index contributed by atoms with van der Waals surface area (Å²) in [7, 11) is 2.64. The number of fused-ring (bicyclic) bond motifs is 1. The number of nitrogens with one attached hydrogen (secondary N) is 4. The number of methoxy groups -OCH3 is 2. The summed E-state index contributed by atoms with van der Waals surface area (Å²) in [4.78, 5) is 74.6. The molecule has 4 fully saturated rings. The van der Waals surface area contributed by atoms with Gasteiger partial charge in [-0.3, -0.25) is 9.59 Å². The van der Waals surface area contributed by atoms with E-state index >= 15 is 0 Å². The number of carbonyl (C=O) groups is 4. The Balaban J connectivity index is 0.898. The number of ether oxygens (including phenoxy) is 4. The van der Waals surface area contributed by atoms with Gasteiger partial charge < -0.3 is 49.3 Å². The number of hydrogen-bond acceptors (Lipinski definition) is 10. The zero-order valence-corrected chi connectivity index (χ0v) is 39.8. The van der Waals surface area contributed by atoms with Crippen molar-refractivity contribution in [2.45, 2.75) is 153 Å². The van der Waals surface area contributed by atoms with Gasteiger partial charge in [0.05, 0.1) is 68.4 Å². The van der Waals surface area contributed by atoms with E-state index in [1.807, 2.05) is 43.0 Å². The molecule has 1 aliphatic carbocycles. The molecule has 16 nitrogen and oxygen atoms in total. The van der Waals surface area contributed by atoms with E-state index in [-0.39, 0.29) is 66.1 Å². The lowest BCUT2D eigenvalue weighted by Gasteiger charge is -2.39. The van der Waals surface area contributed by atoms with Crippen molar-refractivity contribution in [3.8, 4) is 33.6 Å². The molecule has 0 saturated carbocycles. The standard InChI is InChI=1S/C51H66N8O8/c1-27-8-18-42(58(27)48(60)44(56-50(62)64-6)34-20-21-66-29(3)22-34)46-52-25-40(54-46)33-12-10-32(11-13-33)36-14-17-39(38-16-15-37(36)38)41-26-53-47(55-41)43-19-9-28(2)59(43)49(61)45(57-51(63)65-7)35-23-30(4)67-31(5)24-35/h10-14,17,25-31,34-35,42-45H,8-9,15-16,18-24H2,1-7H3,(H,52,54)(H,53,55)(H,56,62)(H,57,63)/t27-,28-,29+,30+,31+,34?,42-,43-,44-,45-/m0/s1. The summed E-state index contributed by atoms with van der Waals surface area (Å²) in [5, 5.41) is 5.76. The molecule has 1 unspecified atom stereocenters. The van der Waals surface area contributed by atoms with Gasteiger partial charge in [0.1, 0.15) is 23.7 Å². The van der Waals surface area contributed by atoms with Crippen molar-refractivity contribution >= 4 is 24.0 Å². The van der Waals surface area contributed by atoms with Crippen LogP contribution in [-0.2, 0) is 41.4 Å². The SMILES string of the molecule is COC(=O)N[C@H](C(=O)N1[C@@H](C)CC[C@H]1c1ncc(-c2ccc(-c3ccc(-c4cnc([C@@H]5CC[C@H](C)N5C(=O)[C@@H](NC(=O)OC)C5C[C@@H](C)O[C@H](C)C5)[nH]4)c4c3CC4)cc2)[nH]1)C1CCO[C@H](C)C1. The second-order valence-corrected chi connectivity index (χ2v) is 19.6. The Hall–Kier alpha value is -5.74. The quantitative estimate of drug-likeness (QED) is 0.115. The van der Waals surface area contributed by atoms with Crippen molar-refractivity contribution in [2.75, 3.05) is 20.8 Å². The van der Waals surface area contributed by atoms with E-state index in [0.717, 1.165) is 78.3 Å². The summed E-state index contributed by atoms with van der Waals surface area (Å²) in [5.41, 5.74) is 8.86. The molecule has 0 radical (unpaired) electrons. The van der Waals surface area contributed by atoms with Crippen molar-refractivity contribution in [2.24, 2.45) is 11.8 Å². The Bertz CT molecular complexity index is 2440. The fourth-order valence-corrected chi connectivity index (χ4v) is 11.8. The van der Waals surface area contributed by atoms with Gasteiger partial charge in [0.25, 0.3) is 0 Å². The topological polar surface area (TPSA) is 193 Å². The predicted octanol–water partition coefficient (Wildman–Crippen LogP) is 7.80. The summed E-state index contributed by atoms with van der Waals surface area (Å²) >= 11 is 0. The Kier molecular flexibility index (Phi) is 13.5. The van der Waals surface area contributed by atoms with Gasteiger partial charge in [-0.25, -0.2) is 19.6 Å². The first-order valence-corrected chi connectivity index (χ1v) is 24.3. The minimum atomic E-state index is -0.731. The maximum absolute atomic E-state index is 14.5. The van der Waals surface area contributed by atoms with Crippen molar-refractivity contribution in [1.29, 1.82) is 0 Å². The van der Waals surface area contributed by atoms with Crippen LogP contribution in [0, 0.1) is 11.8 Å². The maximum atomic E-state index is 14.5. The number of hydrogen-bond donors (Lipinski definition) is 4. The first-order valence-electron chi connectivity index (χ1n) is 24.3. The number of amides is 4. The van der Waals surface area contributed by atoms with E-state index in [1.54, 1.807) is 0 Å². The largest absolute Gasteiger partial charge is 0.453 e. The molecule has 10 atom stereocenters. The Morgan fingerprint density at radius 1 is 0.627 bits per heavy atom. The van der Waals surface area contributed by atoms with Gasteiger partial charge in [0.15, 0.2) is 0 Å². The third-order valence-corrected chi connectivity index (χ3v) is 15.2. The molecule has 5 aliphatic rings. The number of imidazole rings is 2. The van der Waals surface area contributed by atoms with Crippen LogP contribution in [0.3, 0.4) is 0 Å². The third-order valence-electron chi connectivity index (χ3n) is 15.2. The number of benzene rings is 2. The summed E-state index contributed by atoms with van der Waals surface area (Å²) < 4.78 is 21.7. The molecule has 4 amide bonds. The lowest BCUT2D eigenvalue weighted by Crippen LogP contribution is -2.55. The molecule has 9 rings (SSSR count). The summed E-state index contributed by atoms with van der Waals surface area (Å²) in [6.45, 7) is 10.7. The lowest BCUT2D eigenvalue weighted by molar-refractivity contribution is -0.140. The molecule has 4 aliphatic heterocycles. The highest BCUT2D eigenvalue weighted by molar-refractivity contribution is 5.88. The molecule has 4 N–H and O–H groups in total. The van der Waals surface area contributed by atoms with Gasteiger partial charge in [0.2, 0.25) is 11.8 Å². The van der Waals surface area contributed by atoms with Crippen molar-refractivity contribution in [1.82, 2.24) is 40.4 Å². The zero-order valence-electron chi connectivity index (χ0n) is 39.8. The summed E-state index contributed by atoms with van der Waals surface area (Å²) in [6, 6.07) is 10.9. The predicted molar refractivity (Wildman–Crippen MR) is 251 cm³/mol. The van der Waals surface area contributed by atoms with E-state index < -0.39 is 24.3 Å². The second kappa shape index (κ2) is 19.5. The minimum absolute atomic E-state index is 0.000343. The number of nitrogens with zero attached hydrogens (tertiary/aromatic N) is 4. The van der Waals surface area contributed by atoms with E-state index in [2.05, 4.69) is 70.8 Å². The fourth-order valence-electron chi connectivity index (χ4n) is 11.8. The molecular weight excluding hydrogens is 853 g/mol. The first kappa shape index (κ1) is 46.4. The van der Waals surface area contributed by atoms with Gasteiger partial charge in [-0.15, -0.1) is 0 Å². The highest BCUT2D eigenvalue weighted by Crippen LogP contribution is 2.43. The lowest BCUT2D eigenvalue weighted by atomic mass is 9.79. The number of alkyl carbamates (subject to hydrolysis) is 2. The van der Waals surface area contributed by atoms with Crippen LogP contribution in [0.15, 0.2) is 48.8 Å². The van der Waals surface area contributed by atoms with E-state index in [0.29, 0.717) is 32.3 Å².